The normalized spacial score (nSPS) is 8.13. The van der Waals surface area contributed by atoms with E-state index in [0.717, 1.165) is 0 Å². The summed E-state index contributed by atoms with van der Waals surface area (Å²) in [5.41, 5.74) is 0. The Bertz CT molecular complexity index is 729. The molecule has 0 radical (unpaired) electrons. The fraction of sp³-hybridized carbons (Fsp3) is 0.125. The van der Waals surface area contributed by atoms with Crippen LogP contribution in [-0.2, 0) is 45.5 Å². The maximum absolute atomic E-state index is 10.2. The fourth-order valence-electron chi connectivity index (χ4n) is 1.46. The number of benzene rings is 2. The molecule has 0 aliphatic carbocycles. The summed E-state index contributed by atoms with van der Waals surface area (Å²) < 4.78 is 9.73. The summed E-state index contributed by atoms with van der Waals surface area (Å²) in [6, 6.07) is 9.16. The Balaban J connectivity index is -0.000000125. The van der Waals surface area contributed by atoms with Crippen molar-refractivity contribution in [3.63, 3.8) is 0 Å². The minimum absolute atomic E-state index is 0. The predicted molar refractivity (Wildman–Crippen MR) is 117 cm³/mol. The number of carboxylic acid groups (broad SMARTS) is 2. The monoisotopic (exact) mass is 579 g/mol. The Morgan fingerprint density at radius 1 is 0.710 bits per heavy atom. The largest absolute Gasteiger partial charge is 0.480 e. The van der Waals surface area contributed by atoms with Crippen molar-refractivity contribution in [3.05, 3.63) is 56.5 Å². The molecule has 2 aromatic rings. The first-order chi connectivity index (χ1) is 12.2. The van der Waals surface area contributed by atoms with E-state index >= 15 is 0 Å². The van der Waals surface area contributed by atoms with Crippen LogP contribution >= 0.6 is 46.4 Å². The molecule has 0 amide bonds. The molecular weight excluding hydrogens is 559 g/mol. The number of aliphatic carboxylic acids is 2. The van der Waals surface area contributed by atoms with Gasteiger partial charge in [0.05, 0.1) is 10.0 Å². The van der Waals surface area contributed by atoms with Crippen LogP contribution in [0.2, 0.25) is 20.1 Å². The van der Waals surface area contributed by atoms with Crippen molar-refractivity contribution >= 4 is 58.3 Å². The third kappa shape index (κ3) is 16.9. The van der Waals surface area contributed by atoms with Crippen LogP contribution in [0.1, 0.15) is 0 Å². The van der Waals surface area contributed by atoms with Crippen molar-refractivity contribution in [3.8, 4) is 11.5 Å². The van der Waals surface area contributed by atoms with Crippen molar-refractivity contribution in [1.82, 2.24) is 0 Å². The molecule has 31 heavy (non-hydrogen) atoms. The molecule has 0 bridgehead atoms. The Hall–Kier alpha value is -1.40. The van der Waals surface area contributed by atoms with Gasteiger partial charge in [-0.05, 0) is 36.4 Å². The van der Waals surface area contributed by atoms with E-state index in [9.17, 15) is 9.59 Å². The first kappa shape index (κ1) is 40.0. The number of ether oxygens (including phenoxy) is 2. The molecule has 0 aliphatic rings. The molecule has 0 aliphatic heterocycles. The minimum Gasteiger partial charge on any atom is -0.480 e. The van der Waals surface area contributed by atoms with Gasteiger partial charge in [0.15, 0.2) is 13.2 Å². The van der Waals surface area contributed by atoms with Gasteiger partial charge in [0, 0.05) is 29.5 Å². The van der Waals surface area contributed by atoms with Crippen molar-refractivity contribution in [1.29, 1.82) is 0 Å². The van der Waals surface area contributed by atoms with Crippen LogP contribution in [0.3, 0.4) is 0 Å². The van der Waals surface area contributed by atoms with E-state index in [1.165, 1.54) is 24.3 Å². The molecule has 0 unspecified atom stereocenters. The molecule has 0 fully saturated rings. The quantitative estimate of drug-likeness (QED) is 0.377. The second kappa shape index (κ2) is 20.5. The van der Waals surface area contributed by atoms with E-state index in [1.54, 1.807) is 12.1 Å². The van der Waals surface area contributed by atoms with E-state index in [1.807, 2.05) is 0 Å². The molecule has 13 N–H and O–H groups in total. The zero-order chi connectivity index (χ0) is 19.7. The van der Waals surface area contributed by atoms with Gasteiger partial charge in [-0.15, -0.1) is 0 Å². The predicted octanol–water partition coefficient (Wildman–Crippen LogP) is 1.32. The molecule has 174 valence electrons. The van der Waals surface area contributed by atoms with Crippen LogP contribution in [-0.4, -0.2) is 40.8 Å². The van der Waals surface area contributed by atoms with Gasteiger partial charge in [0.2, 0.25) is 0 Å². The maximum atomic E-state index is 10.2. The summed E-state index contributed by atoms with van der Waals surface area (Å²) in [6.45, 7) is -0.831. The van der Waals surface area contributed by atoms with Crippen LogP contribution in [0, 0.1) is 0 Å². The molecule has 0 aromatic heterocycles. The Labute approximate surface area is 209 Å². The average Bonchev–Trinajstić information content (AvgIpc) is 2.53. The van der Waals surface area contributed by atoms with Gasteiger partial charge in [-0.3, -0.25) is 0 Å². The van der Waals surface area contributed by atoms with Crippen LogP contribution in [0.4, 0.5) is 0 Å². The van der Waals surface area contributed by atoms with E-state index in [2.05, 4.69) is 0 Å². The van der Waals surface area contributed by atoms with E-state index < -0.39 is 25.2 Å². The average molecular weight is 583 g/mol. The molecular formula is C16H23Cl4O10Zn+3. The number of hydrogen-bond donors (Lipinski definition) is 2. The summed E-state index contributed by atoms with van der Waals surface area (Å²) >= 11 is 22.7. The Morgan fingerprint density at radius 2 is 1.00 bits per heavy atom. The molecule has 2 aromatic carbocycles. The van der Waals surface area contributed by atoms with Gasteiger partial charge in [0.1, 0.15) is 11.5 Å². The van der Waals surface area contributed by atoms with Crippen LogP contribution in [0.25, 0.3) is 0 Å². The van der Waals surface area contributed by atoms with Crippen LogP contribution in [0.15, 0.2) is 36.4 Å². The van der Waals surface area contributed by atoms with E-state index in [-0.39, 0.29) is 41.4 Å². The topological polar surface area (TPSA) is 224 Å². The maximum Gasteiger partial charge on any atom is 0.341 e. The molecule has 2 rings (SSSR count). The summed E-state index contributed by atoms with van der Waals surface area (Å²) in [4.78, 5) is 20.3. The first-order valence-corrected chi connectivity index (χ1v) is 8.29. The molecule has 0 saturated heterocycles. The number of carboxylic acids is 2. The van der Waals surface area contributed by atoms with Crippen molar-refractivity contribution in [2.45, 2.75) is 0 Å². The molecule has 10 nitrogen and oxygen atoms in total. The fourth-order valence-corrected chi connectivity index (χ4v) is 2.39. The summed E-state index contributed by atoms with van der Waals surface area (Å²) in [7, 11) is 0. The molecule has 0 atom stereocenters. The van der Waals surface area contributed by atoms with Gasteiger partial charge in [0.25, 0.3) is 0 Å². The molecule has 0 saturated carbocycles. The van der Waals surface area contributed by atoms with Crippen molar-refractivity contribution < 1.29 is 70.7 Å². The number of carbonyl (C=O) groups is 2. The molecule has 15 heteroatoms. The third-order valence-corrected chi connectivity index (χ3v) is 3.55. The van der Waals surface area contributed by atoms with Crippen molar-refractivity contribution in [2.24, 2.45) is 0 Å². The van der Waals surface area contributed by atoms with E-state index in [4.69, 9.17) is 66.1 Å². The van der Waals surface area contributed by atoms with Gasteiger partial charge >= 0.3 is 11.9 Å². The second-order valence-corrected chi connectivity index (χ2v) is 6.20. The SMILES string of the molecule is O.O=C(O)COc1ccc(Cl)cc1Cl.O=C(O)COc1ccc(Cl)cc1Cl.[OH3+].[OH3+].[OH3+].[Zn]. The summed E-state index contributed by atoms with van der Waals surface area (Å²) in [5.74, 6) is -1.47. The summed E-state index contributed by atoms with van der Waals surface area (Å²) in [5, 5.41) is 18.2. The van der Waals surface area contributed by atoms with Crippen molar-refractivity contribution in [2.75, 3.05) is 13.2 Å². The first-order valence-electron chi connectivity index (χ1n) is 6.78. The molecule has 0 heterocycles. The van der Waals surface area contributed by atoms with Crippen LogP contribution in [0.5, 0.6) is 11.5 Å². The van der Waals surface area contributed by atoms with Gasteiger partial charge < -0.3 is 41.6 Å². The van der Waals surface area contributed by atoms with E-state index in [0.29, 0.717) is 31.6 Å². The van der Waals surface area contributed by atoms with Gasteiger partial charge in [-0.1, -0.05) is 46.4 Å². The van der Waals surface area contributed by atoms with Gasteiger partial charge in [-0.2, -0.15) is 0 Å². The Kier molecular flexibility index (Phi) is 26.5. The third-order valence-electron chi connectivity index (χ3n) is 2.49. The zero-order valence-corrected chi connectivity index (χ0v) is 21.8. The van der Waals surface area contributed by atoms with Crippen LogP contribution < -0.4 is 9.47 Å². The standard InChI is InChI=1S/2C8H6Cl2O3.4H2O.Zn/c2*9-5-1-2-7(6(10)3-5)13-4-8(11)12;;;;;/h2*1-3H,4H2,(H,11,12);4*1H2;/p+3. The smallest absolute Gasteiger partial charge is 0.341 e. The van der Waals surface area contributed by atoms with Gasteiger partial charge in [-0.25, -0.2) is 9.59 Å². The number of halogens is 4. The number of hydrogen-bond acceptors (Lipinski definition) is 4. The zero-order valence-electron chi connectivity index (χ0n) is 15.9. The number of rotatable bonds is 6. The second-order valence-electron chi connectivity index (χ2n) is 4.51. The Morgan fingerprint density at radius 3 is 1.23 bits per heavy atom. The minimum atomic E-state index is -1.05. The summed E-state index contributed by atoms with van der Waals surface area (Å²) in [6.07, 6.45) is 0. The molecule has 0 spiro atoms.